The molecule has 2 aliphatic rings. The average Bonchev–Trinajstić information content (AvgIpc) is 3.05. The van der Waals surface area contributed by atoms with Gasteiger partial charge in [-0.25, -0.2) is 0 Å². The van der Waals surface area contributed by atoms with Crippen LogP contribution < -0.4 is 0 Å². The number of aromatic nitrogens is 1. The number of amidine groups is 1. The van der Waals surface area contributed by atoms with E-state index >= 15 is 0 Å². The first-order valence-electron chi connectivity index (χ1n) is 7.40. The summed E-state index contributed by atoms with van der Waals surface area (Å²) in [6.45, 7) is 3.28. The Balaban J connectivity index is 1.76. The predicted octanol–water partition coefficient (Wildman–Crippen LogP) is 4.32. The normalized spacial score (nSPS) is 26.9. The van der Waals surface area contributed by atoms with E-state index in [1.54, 1.807) is 0 Å². The smallest absolute Gasteiger partial charge is 0.160 e. The molecule has 0 spiro atoms. The Morgan fingerprint density at radius 1 is 1.18 bits per heavy atom. The summed E-state index contributed by atoms with van der Waals surface area (Å²) in [5.74, 6) is 0. The second-order valence-electron chi connectivity index (χ2n) is 5.69. The maximum atomic E-state index is 6.05. The van der Waals surface area contributed by atoms with Crippen molar-refractivity contribution in [3.63, 3.8) is 0 Å². The number of rotatable bonds is 2. The Morgan fingerprint density at radius 2 is 2.00 bits per heavy atom. The van der Waals surface area contributed by atoms with Gasteiger partial charge in [0, 0.05) is 23.0 Å². The van der Waals surface area contributed by atoms with Crippen molar-refractivity contribution in [1.82, 2.24) is 9.88 Å². The van der Waals surface area contributed by atoms with Gasteiger partial charge in [0.25, 0.3) is 0 Å². The SMILES string of the molecule is C[C@@H]1CN2C(=N[C@@H](c3ccccn3)[C@@H]2c2ccc(Cl)cc2)S1. The maximum Gasteiger partial charge on any atom is 0.160 e. The minimum Gasteiger partial charge on any atom is -0.341 e. The van der Waals surface area contributed by atoms with Crippen LogP contribution in [-0.4, -0.2) is 26.8 Å². The van der Waals surface area contributed by atoms with Gasteiger partial charge >= 0.3 is 0 Å². The van der Waals surface area contributed by atoms with E-state index in [1.807, 2.05) is 42.2 Å². The van der Waals surface area contributed by atoms with Gasteiger partial charge in [-0.1, -0.05) is 48.5 Å². The van der Waals surface area contributed by atoms with Crippen LogP contribution in [0.1, 0.15) is 30.3 Å². The van der Waals surface area contributed by atoms with E-state index in [4.69, 9.17) is 16.6 Å². The van der Waals surface area contributed by atoms with Crippen molar-refractivity contribution in [2.24, 2.45) is 4.99 Å². The summed E-state index contributed by atoms with van der Waals surface area (Å²) in [6.07, 6.45) is 1.84. The summed E-state index contributed by atoms with van der Waals surface area (Å²) in [5, 5.41) is 2.49. The highest BCUT2D eigenvalue weighted by molar-refractivity contribution is 8.14. The molecule has 3 nitrogen and oxygen atoms in total. The molecule has 0 amide bonds. The third-order valence-electron chi connectivity index (χ3n) is 4.09. The van der Waals surface area contributed by atoms with Gasteiger partial charge in [0.05, 0.1) is 11.7 Å². The highest BCUT2D eigenvalue weighted by Crippen LogP contribution is 2.47. The number of thioether (sulfide) groups is 1. The highest BCUT2D eigenvalue weighted by Gasteiger charge is 2.43. The van der Waals surface area contributed by atoms with Crippen molar-refractivity contribution in [2.75, 3.05) is 6.54 Å². The minimum atomic E-state index is 0.0531. The van der Waals surface area contributed by atoms with E-state index in [0.29, 0.717) is 5.25 Å². The molecule has 1 aromatic carbocycles. The van der Waals surface area contributed by atoms with Crippen LogP contribution in [0, 0.1) is 0 Å². The molecule has 112 valence electrons. The van der Waals surface area contributed by atoms with Crippen LogP contribution >= 0.6 is 23.4 Å². The van der Waals surface area contributed by atoms with Crippen LogP contribution in [0.3, 0.4) is 0 Å². The summed E-state index contributed by atoms with van der Waals surface area (Å²) < 4.78 is 0. The monoisotopic (exact) mass is 329 g/mol. The van der Waals surface area contributed by atoms with Gasteiger partial charge in [0.2, 0.25) is 0 Å². The van der Waals surface area contributed by atoms with E-state index in [1.165, 1.54) is 5.56 Å². The van der Waals surface area contributed by atoms with Gasteiger partial charge in [-0.15, -0.1) is 0 Å². The molecule has 1 aromatic heterocycles. The molecule has 3 atom stereocenters. The summed E-state index contributed by atoms with van der Waals surface area (Å²) in [5.41, 5.74) is 2.27. The number of hydrogen-bond acceptors (Lipinski definition) is 4. The first kappa shape index (κ1) is 14.1. The quantitative estimate of drug-likeness (QED) is 0.821. The van der Waals surface area contributed by atoms with Crippen molar-refractivity contribution >= 4 is 28.5 Å². The second-order valence-corrected chi connectivity index (χ2v) is 7.53. The standard InChI is InChI=1S/C17H16ClN3S/c1-11-10-21-16(12-5-7-13(18)8-6-12)15(20-17(21)22-11)14-4-2-3-9-19-14/h2-9,11,15-16H,10H2,1H3/t11-,15+,16+/m1/s1. The first-order chi connectivity index (χ1) is 10.7. The topological polar surface area (TPSA) is 28.5 Å². The third kappa shape index (κ3) is 2.40. The van der Waals surface area contributed by atoms with E-state index in [2.05, 4.69) is 35.0 Å². The number of hydrogen-bond donors (Lipinski definition) is 0. The predicted molar refractivity (Wildman–Crippen MR) is 92.4 cm³/mol. The number of fused-ring (bicyclic) bond motifs is 1. The van der Waals surface area contributed by atoms with Crippen LogP contribution in [-0.2, 0) is 0 Å². The fourth-order valence-electron chi connectivity index (χ4n) is 3.14. The summed E-state index contributed by atoms with van der Waals surface area (Å²) in [6, 6.07) is 14.4. The summed E-state index contributed by atoms with van der Waals surface area (Å²) in [7, 11) is 0. The number of nitrogens with zero attached hydrogens (tertiary/aromatic N) is 3. The van der Waals surface area contributed by atoms with Crippen LogP contribution in [0.15, 0.2) is 53.7 Å². The largest absolute Gasteiger partial charge is 0.341 e. The summed E-state index contributed by atoms with van der Waals surface area (Å²) >= 11 is 7.91. The molecule has 0 N–H and O–H groups in total. The van der Waals surface area contributed by atoms with Crippen LogP contribution in [0.5, 0.6) is 0 Å². The lowest BCUT2D eigenvalue weighted by atomic mass is 9.96. The van der Waals surface area contributed by atoms with Crippen LogP contribution in [0.25, 0.3) is 0 Å². The van der Waals surface area contributed by atoms with Gasteiger partial charge in [0.15, 0.2) is 5.17 Å². The molecule has 2 aromatic rings. The van der Waals surface area contributed by atoms with Gasteiger partial charge in [0.1, 0.15) is 6.04 Å². The Hall–Kier alpha value is -1.52. The van der Waals surface area contributed by atoms with Gasteiger partial charge in [-0.05, 0) is 29.8 Å². The fraction of sp³-hybridized carbons (Fsp3) is 0.294. The molecule has 0 saturated carbocycles. The highest BCUT2D eigenvalue weighted by atomic mass is 35.5. The molecular weight excluding hydrogens is 314 g/mol. The maximum absolute atomic E-state index is 6.05. The van der Waals surface area contributed by atoms with Gasteiger partial charge < -0.3 is 4.90 Å². The van der Waals surface area contributed by atoms with Crippen LogP contribution in [0.2, 0.25) is 5.02 Å². The molecular formula is C17H16ClN3S. The van der Waals surface area contributed by atoms with Gasteiger partial charge in [-0.3, -0.25) is 9.98 Å². The van der Waals surface area contributed by atoms with Crippen LogP contribution in [0.4, 0.5) is 0 Å². The Labute approximate surface area is 139 Å². The third-order valence-corrected chi connectivity index (χ3v) is 5.45. The Bertz CT molecular complexity index is 702. The number of pyridine rings is 1. The lowest BCUT2D eigenvalue weighted by molar-refractivity contribution is 0.321. The zero-order valence-electron chi connectivity index (χ0n) is 12.2. The molecule has 2 aliphatic heterocycles. The molecule has 22 heavy (non-hydrogen) atoms. The lowest BCUT2D eigenvalue weighted by Gasteiger charge is -2.27. The zero-order valence-corrected chi connectivity index (χ0v) is 13.8. The average molecular weight is 330 g/mol. The number of halogens is 1. The molecule has 4 rings (SSSR count). The number of aliphatic imine (C=N–C) groups is 1. The van der Waals surface area contributed by atoms with Crippen molar-refractivity contribution in [3.8, 4) is 0 Å². The van der Waals surface area contributed by atoms with Crippen molar-refractivity contribution in [1.29, 1.82) is 0 Å². The van der Waals surface area contributed by atoms with E-state index in [-0.39, 0.29) is 12.1 Å². The first-order valence-corrected chi connectivity index (χ1v) is 8.65. The molecule has 1 saturated heterocycles. The van der Waals surface area contributed by atoms with E-state index in [9.17, 15) is 0 Å². The number of benzene rings is 1. The van der Waals surface area contributed by atoms with Crippen molar-refractivity contribution < 1.29 is 0 Å². The molecule has 0 bridgehead atoms. The Morgan fingerprint density at radius 3 is 2.73 bits per heavy atom. The van der Waals surface area contributed by atoms with E-state index < -0.39 is 0 Å². The van der Waals surface area contributed by atoms with Gasteiger partial charge in [-0.2, -0.15) is 0 Å². The van der Waals surface area contributed by atoms with Crippen molar-refractivity contribution in [2.45, 2.75) is 24.3 Å². The minimum absolute atomic E-state index is 0.0531. The fourth-order valence-corrected chi connectivity index (χ4v) is 4.36. The molecule has 3 heterocycles. The molecule has 0 unspecified atom stereocenters. The second kappa shape index (κ2) is 5.60. The summed E-state index contributed by atoms with van der Waals surface area (Å²) in [4.78, 5) is 11.9. The lowest BCUT2D eigenvalue weighted by Crippen LogP contribution is -2.28. The molecule has 5 heteroatoms. The molecule has 0 aliphatic carbocycles. The van der Waals surface area contributed by atoms with E-state index in [0.717, 1.165) is 22.4 Å². The Kier molecular flexibility index (Phi) is 3.59. The molecule has 1 fully saturated rings. The molecule has 0 radical (unpaired) electrons. The zero-order chi connectivity index (χ0) is 15.1. The van der Waals surface area contributed by atoms with Crippen molar-refractivity contribution in [3.05, 3.63) is 64.9 Å².